The molecule has 9 heteroatoms. The summed E-state index contributed by atoms with van der Waals surface area (Å²) in [6, 6.07) is 9.26. The molecule has 1 unspecified atom stereocenters. The third-order valence-corrected chi connectivity index (χ3v) is 4.02. The van der Waals surface area contributed by atoms with Gasteiger partial charge >= 0.3 is 0 Å². The largest absolute Gasteiger partial charge is 0.352 e. The maximum absolute atomic E-state index is 14.1. The van der Waals surface area contributed by atoms with E-state index in [4.69, 9.17) is 4.55 Å². The van der Waals surface area contributed by atoms with E-state index in [0.29, 0.717) is 23.1 Å². The number of nitrogens with one attached hydrogen (secondary N) is 3. The number of rotatable bonds is 6. The van der Waals surface area contributed by atoms with Crippen LogP contribution in [0.15, 0.2) is 47.4 Å². The summed E-state index contributed by atoms with van der Waals surface area (Å²) >= 11 is -2.07. The van der Waals surface area contributed by atoms with E-state index in [2.05, 4.69) is 20.0 Å². The molecule has 0 bridgehead atoms. The Morgan fingerprint density at radius 2 is 2.04 bits per heavy atom. The number of aromatic amines is 1. The summed E-state index contributed by atoms with van der Waals surface area (Å²) in [6.07, 6.45) is 1.98. The van der Waals surface area contributed by atoms with Crippen LogP contribution in [0.2, 0.25) is 0 Å². The second-order valence-corrected chi connectivity index (χ2v) is 6.06. The molecule has 0 amide bonds. The number of pyridine rings is 2. The number of hydrogen-bond donors (Lipinski definition) is 4. The Labute approximate surface area is 144 Å². The number of H-pyrrole nitrogens is 1. The molecule has 4 N–H and O–H groups in total. The summed E-state index contributed by atoms with van der Waals surface area (Å²) < 4.78 is 35.8. The Kier molecular flexibility index (Phi) is 5.17. The van der Waals surface area contributed by atoms with Gasteiger partial charge in [-0.2, -0.15) is 0 Å². The zero-order valence-corrected chi connectivity index (χ0v) is 13.8. The Morgan fingerprint density at radius 1 is 1.20 bits per heavy atom. The van der Waals surface area contributed by atoms with E-state index in [1.807, 2.05) is 0 Å². The minimum Gasteiger partial charge on any atom is -0.352 e. The fourth-order valence-electron chi connectivity index (χ4n) is 2.42. The van der Waals surface area contributed by atoms with Gasteiger partial charge in [0.1, 0.15) is 11.5 Å². The van der Waals surface area contributed by atoms with Crippen molar-refractivity contribution in [3.05, 3.63) is 64.3 Å². The topological polar surface area (TPSA) is 107 Å². The highest BCUT2D eigenvalue weighted by Crippen LogP contribution is 2.26. The summed E-state index contributed by atoms with van der Waals surface area (Å²) in [5.41, 5.74) is 1.81. The van der Waals surface area contributed by atoms with Gasteiger partial charge in [0.15, 0.2) is 0 Å². The predicted molar refractivity (Wildman–Crippen MR) is 94.5 cm³/mol. The number of nitrogens with zero attached hydrogens (tertiary/aromatic N) is 1. The molecule has 0 saturated carbocycles. The third kappa shape index (κ3) is 4.27. The Morgan fingerprint density at radius 3 is 2.84 bits per heavy atom. The molecule has 0 aliphatic rings. The maximum atomic E-state index is 14.1. The highest BCUT2D eigenvalue weighted by molar-refractivity contribution is 7.77. The number of halogens is 1. The molecule has 0 saturated heterocycles. The van der Waals surface area contributed by atoms with E-state index in [1.165, 1.54) is 18.3 Å². The normalized spacial score (nSPS) is 12.2. The van der Waals surface area contributed by atoms with Gasteiger partial charge in [0.2, 0.25) is 16.8 Å². The summed E-state index contributed by atoms with van der Waals surface area (Å²) in [5.74, 6) is -0.433. The Bertz CT molecular complexity index is 993. The van der Waals surface area contributed by atoms with Gasteiger partial charge in [-0.3, -0.25) is 9.35 Å². The second-order valence-electron chi connectivity index (χ2n) is 5.28. The lowest BCUT2D eigenvalue weighted by molar-refractivity contribution is 0.549. The molecule has 3 rings (SSSR count). The molecule has 0 radical (unpaired) electrons. The molecule has 1 atom stereocenters. The van der Waals surface area contributed by atoms with Gasteiger partial charge in [0, 0.05) is 24.2 Å². The molecule has 0 spiro atoms. The minimum atomic E-state index is -2.07. The second kappa shape index (κ2) is 7.51. The van der Waals surface area contributed by atoms with Crippen LogP contribution in [0.5, 0.6) is 0 Å². The zero-order valence-electron chi connectivity index (χ0n) is 13.0. The van der Waals surface area contributed by atoms with Crippen molar-refractivity contribution in [3.8, 4) is 0 Å². The summed E-state index contributed by atoms with van der Waals surface area (Å²) in [5, 5.41) is 3.66. The Balaban J connectivity index is 1.87. The standard InChI is InChI=1S/C16H15FN4O3S/c17-12-3-1-10(5-8-19-25(23)24)9-14(12)20-13-6-7-18-16-11(13)2-4-15(22)21-16/h1-4,6-7,9,19H,5,8H2,(H,23,24)(H2,18,20,21,22). The zero-order chi connectivity index (χ0) is 17.8. The van der Waals surface area contributed by atoms with E-state index < -0.39 is 17.1 Å². The molecule has 2 aromatic heterocycles. The van der Waals surface area contributed by atoms with Crippen LogP contribution in [0, 0.1) is 5.82 Å². The van der Waals surface area contributed by atoms with Crippen LogP contribution >= 0.6 is 0 Å². The molecule has 3 aromatic rings. The predicted octanol–water partition coefficient (Wildman–Crippen LogP) is 2.07. The molecule has 0 aliphatic carbocycles. The van der Waals surface area contributed by atoms with Crippen molar-refractivity contribution in [1.82, 2.24) is 14.7 Å². The fraction of sp³-hybridized carbons (Fsp3) is 0.125. The fourth-order valence-corrected chi connectivity index (χ4v) is 2.70. The van der Waals surface area contributed by atoms with Crippen LogP contribution in [0.3, 0.4) is 0 Å². The lowest BCUT2D eigenvalue weighted by Crippen LogP contribution is -2.19. The first-order chi connectivity index (χ1) is 12.0. The van der Waals surface area contributed by atoms with Crippen molar-refractivity contribution < 1.29 is 13.2 Å². The number of anilines is 2. The van der Waals surface area contributed by atoms with Crippen molar-refractivity contribution in [2.75, 3.05) is 11.9 Å². The van der Waals surface area contributed by atoms with Crippen molar-refractivity contribution in [2.45, 2.75) is 6.42 Å². The van der Waals surface area contributed by atoms with Crippen LogP contribution in [0.4, 0.5) is 15.8 Å². The van der Waals surface area contributed by atoms with E-state index in [1.54, 1.807) is 24.3 Å². The minimum absolute atomic E-state index is 0.265. The number of benzene rings is 1. The van der Waals surface area contributed by atoms with Gasteiger partial charge in [-0.25, -0.2) is 18.3 Å². The van der Waals surface area contributed by atoms with Gasteiger partial charge in [0.25, 0.3) is 0 Å². The van der Waals surface area contributed by atoms with E-state index in [-0.39, 0.29) is 17.8 Å². The third-order valence-electron chi connectivity index (χ3n) is 3.57. The molecule has 25 heavy (non-hydrogen) atoms. The maximum Gasteiger partial charge on any atom is 0.249 e. The number of hydrogen-bond acceptors (Lipinski definition) is 4. The van der Waals surface area contributed by atoms with Crippen LogP contribution in [0.25, 0.3) is 11.0 Å². The van der Waals surface area contributed by atoms with Crippen molar-refractivity contribution >= 4 is 33.7 Å². The molecule has 7 nitrogen and oxygen atoms in total. The molecular formula is C16H15FN4O3S. The van der Waals surface area contributed by atoms with Gasteiger partial charge < -0.3 is 10.3 Å². The number of fused-ring (bicyclic) bond motifs is 1. The molecule has 1 aromatic carbocycles. The van der Waals surface area contributed by atoms with E-state index in [9.17, 15) is 13.4 Å². The first-order valence-electron chi connectivity index (χ1n) is 7.41. The molecule has 2 heterocycles. The van der Waals surface area contributed by atoms with Gasteiger partial charge in [0.05, 0.1) is 11.4 Å². The summed E-state index contributed by atoms with van der Waals surface area (Å²) in [6.45, 7) is 0.285. The summed E-state index contributed by atoms with van der Waals surface area (Å²) in [7, 11) is 0. The molecule has 0 aliphatic heterocycles. The smallest absolute Gasteiger partial charge is 0.249 e. The average Bonchev–Trinajstić information content (AvgIpc) is 2.57. The molecule has 0 fully saturated rings. The Hall–Kier alpha value is -2.62. The highest BCUT2D eigenvalue weighted by atomic mass is 32.2. The first-order valence-corrected chi connectivity index (χ1v) is 8.51. The van der Waals surface area contributed by atoms with Crippen LogP contribution < -0.4 is 15.6 Å². The van der Waals surface area contributed by atoms with Gasteiger partial charge in [-0.15, -0.1) is 0 Å². The number of aromatic nitrogens is 2. The highest BCUT2D eigenvalue weighted by Gasteiger charge is 2.08. The van der Waals surface area contributed by atoms with Gasteiger partial charge in [-0.05, 0) is 36.2 Å². The first kappa shape index (κ1) is 17.2. The van der Waals surface area contributed by atoms with E-state index in [0.717, 1.165) is 5.56 Å². The van der Waals surface area contributed by atoms with Crippen LogP contribution in [-0.4, -0.2) is 25.3 Å². The average molecular weight is 362 g/mol. The molecule has 130 valence electrons. The quantitative estimate of drug-likeness (QED) is 0.502. The lowest BCUT2D eigenvalue weighted by Gasteiger charge is -2.11. The van der Waals surface area contributed by atoms with Crippen molar-refractivity contribution in [3.63, 3.8) is 0 Å². The SMILES string of the molecule is O=c1ccc2c(Nc3cc(CCNS(=O)O)ccc3F)ccnc2[nH]1. The van der Waals surface area contributed by atoms with Crippen LogP contribution in [0.1, 0.15) is 5.56 Å². The lowest BCUT2D eigenvalue weighted by atomic mass is 10.1. The van der Waals surface area contributed by atoms with Gasteiger partial charge in [-0.1, -0.05) is 6.07 Å². The van der Waals surface area contributed by atoms with Crippen molar-refractivity contribution in [2.24, 2.45) is 0 Å². The monoisotopic (exact) mass is 362 g/mol. The molecular weight excluding hydrogens is 347 g/mol. The van der Waals surface area contributed by atoms with Crippen molar-refractivity contribution in [1.29, 1.82) is 0 Å². The summed E-state index contributed by atoms with van der Waals surface area (Å²) in [4.78, 5) is 18.1. The van der Waals surface area contributed by atoms with E-state index >= 15 is 0 Å². The van der Waals surface area contributed by atoms with Crippen LogP contribution in [-0.2, 0) is 17.7 Å².